The number of nitrogen functional groups attached to an aromatic ring is 1. The van der Waals surface area contributed by atoms with Crippen molar-refractivity contribution in [1.82, 2.24) is 0 Å². The molecule has 1 aromatic rings. The summed E-state index contributed by atoms with van der Waals surface area (Å²) in [4.78, 5) is 21.5. The molecule has 2 amide bonds. The van der Waals surface area contributed by atoms with Crippen LogP contribution in [0.5, 0.6) is 0 Å². The lowest BCUT2D eigenvalue weighted by Crippen LogP contribution is -2.23. The normalized spacial score (nSPS) is 10.9. The number of nitrogens with one attached hydrogen (secondary N) is 1. The van der Waals surface area contributed by atoms with Crippen molar-refractivity contribution in [1.29, 1.82) is 0 Å². The number of primary amides is 1. The van der Waals surface area contributed by atoms with Crippen LogP contribution in [-0.4, -0.2) is 20.2 Å². The van der Waals surface area contributed by atoms with Gasteiger partial charge in [-0.2, -0.15) is 0 Å². The van der Waals surface area contributed by atoms with Crippen LogP contribution < -0.4 is 21.9 Å². The van der Waals surface area contributed by atoms with E-state index in [0.29, 0.717) is 0 Å². The minimum absolute atomic E-state index is 0.0575. The number of hydrogen-bond donors (Lipinski definition) is 4. The highest BCUT2D eigenvalue weighted by Gasteiger charge is 2.16. The van der Waals surface area contributed by atoms with Crippen LogP contribution in [0.4, 0.5) is 11.4 Å². The summed E-state index contributed by atoms with van der Waals surface area (Å²) in [5.74, 6) is -1.57. The predicted octanol–water partition coefficient (Wildman–Crippen LogP) is -1.27. The van der Waals surface area contributed by atoms with E-state index >= 15 is 0 Å². The van der Waals surface area contributed by atoms with Crippen molar-refractivity contribution >= 4 is 33.2 Å². The molecule has 98 valence electrons. The van der Waals surface area contributed by atoms with Gasteiger partial charge in [0.1, 0.15) is 11.3 Å². The molecule has 9 heteroatoms. The summed E-state index contributed by atoms with van der Waals surface area (Å²) >= 11 is 0. The highest BCUT2D eigenvalue weighted by molar-refractivity contribution is 7.89. The zero-order valence-corrected chi connectivity index (χ0v) is 10.0. The van der Waals surface area contributed by atoms with Gasteiger partial charge in [0, 0.05) is 5.69 Å². The topological polar surface area (TPSA) is 158 Å². The summed E-state index contributed by atoms with van der Waals surface area (Å²) in [6, 6.07) is 3.76. The van der Waals surface area contributed by atoms with E-state index in [1.165, 1.54) is 12.1 Å². The van der Waals surface area contributed by atoms with Gasteiger partial charge in [0.05, 0.1) is 5.69 Å². The number of primary sulfonamides is 1. The molecule has 8 nitrogen and oxygen atoms in total. The lowest BCUT2D eigenvalue weighted by molar-refractivity contribution is -0.124. The fourth-order valence-electron chi connectivity index (χ4n) is 1.23. The quantitative estimate of drug-likeness (QED) is 0.396. The number of rotatable bonds is 4. The van der Waals surface area contributed by atoms with E-state index in [0.717, 1.165) is 6.07 Å². The van der Waals surface area contributed by atoms with Crippen LogP contribution in [0.2, 0.25) is 0 Å². The Hall–Kier alpha value is -2.13. The van der Waals surface area contributed by atoms with Crippen LogP contribution in [0.15, 0.2) is 23.1 Å². The molecule has 0 aromatic heterocycles. The van der Waals surface area contributed by atoms with Crippen molar-refractivity contribution in [3.63, 3.8) is 0 Å². The lowest BCUT2D eigenvalue weighted by atomic mass is 10.2. The second-order valence-electron chi connectivity index (χ2n) is 3.49. The Labute approximate surface area is 103 Å². The molecular formula is C9H12N4O4S. The van der Waals surface area contributed by atoms with Gasteiger partial charge in [0.2, 0.25) is 21.8 Å². The van der Waals surface area contributed by atoms with Gasteiger partial charge in [0.15, 0.2) is 0 Å². The van der Waals surface area contributed by atoms with Gasteiger partial charge in [-0.05, 0) is 18.2 Å². The average Bonchev–Trinajstić information content (AvgIpc) is 2.17. The van der Waals surface area contributed by atoms with Gasteiger partial charge in [-0.15, -0.1) is 0 Å². The standard InChI is InChI=1S/C9H12N4O4S/c10-5-1-2-6(7(3-5)18(12,16)17)13-9(15)4-8(11)14/h1-3H,4,10H2,(H2,11,14)(H,13,15)(H2,12,16,17). The molecule has 18 heavy (non-hydrogen) atoms. The Morgan fingerprint density at radius 1 is 1.28 bits per heavy atom. The molecule has 0 saturated heterocycles. The van der Waals surface area contributed by atoms with Crippen molar-refractivity contribution in [2.24, 2.45) is 10.9 Å². The van der Waals surface area contributed by atoms with Gasteiger partial charge in [-0.3, -0.25) is 9.59 Å². The molecule has 0 spiro atoms. The molecule has 0 fully saturated rings. The zero-order valence-electron chi connectivity index (χ0n) is 9.21. The summed E-state index contributed by atoms with van der Waals surface area (Å²) in [6.07, 6.45) is -0.561. The van der Waals surface area contributed by atoms with Crippen molar-refractivity contribution < 1.29 is 18.0 Å². The molecule has 0 atom stereocenters. The molecule has 1 aromatic carbocycles. The van der Waals surface area contributed by atoms with Gasteiger partial charge in [-0.25, -0.2) is 13.6 Å². The summed E-state index contributed by atoms with van der Waals surface area (Å²) < 4.78 is 22.6. The zero-order chi connectivity index (χ0) is 13.9. The van der Waals surface area contributed by atoms with Crippen LogP contribution >= 0.6 is 0 Å². The molecule has 0 unspecified atom stereocenters. The molecule has 0 aliphatic heterocycles. The average molecular weight is 272 g/mol. The smallest absolute Gasteiger partial charge is 0.240 e. The maximum atomic E-state index is 11.3. The van der Waals surface area contributed by atoms with Gasteiger partial charge in [0.25, 0.3) is 0 Å². The number of carbonyl (C=O) groups excluding carboxylic acids is 2. The molecule has 1 rings (SSSR count). The van der Waals surface area contributed by atoms with E-state index < -0.39 is 28.3 Å². The van der Waals surface area contributed by atoms with Crippen molar-refractivity contribution in [3.05, 3.63) is 18.2 Å². The van der Waals surface area contributed by atoms with Gasteiger partial charge in [-0.1, -0.05) is 0 Å². The van der Waals surface area contributed by atoms with Gasteiger partial charge < -0.3 is 16.8 Å². The number of anilines is 2. The van der Waals surface area contributed by atoms with E-state index in [1.807, 2.05) is 0 Å². The summed E-state index contributed by atoms with van der Waals surface area (Å²) in [7, 11) is -4.04. The molecule has 7 N–H and O–H groups in total. The third kappa shape index (κ3) is 3.71. The third-order valence-corrected chi connectivity index (χ3v) is 2.87. The number of sulfonamides is 1. The third-order valence-electron chi connectivity index (χ3n) is 1.92. The van der Waals surface area contributed by atoms with Crippen LogP contribution in [0.25, 0.3) is 0 Å². The number of hydrogen-bond acceptors (Lipinski definition) is 5. The van der Waals surface area contributed by atoms with Crippen LogP contribution in [0.3, 0.4) is 0 Å². The minimum atomic E-state index is -4.04. The first-order chi connectivity index (χ1) is 8.20. The van der Waals surface area contributed by atoms with E-state index in [2.05, 4.69) is 5.32 Å². The first-order valence-corrected chi connectivity index (χ1v) is 6.25. The minimum Gasteiger partial charge on any atom is -0.399 e. The molecule has 0 bridgehead atoms. The lowest BCUT2D eigenvalue weighted by Gasteiger charge is -2.09. The number of amides is 2. The Bertz CT molecular complexity index is 597. The molecular weight excluding hydrogens is 260 g/mol. The summed E-state index contributed by atoms with van der Waals surface area (Å²) in [6.45, 7) is 0. The van der Waals surface area contributed by atoms with Crippen molar-refractivity contribution in [2.75, 3.05) is 11.1 Å². The second-order valence-corrected chi connectivity index (χ2v) is 5.02. The highest BCUT2D eigenvalue weighted by Crippen LogP contribution is 2.22. The Kier molecular flexibility index (Phi) is 3.89. The monoisotopic (exact) mass is 272 g/mol. The molecule has 0 aliphatic carbocycles. The highest BCUT2D eigenvalue weighted by atomic mass is 32.2. The first kappa shape index (κ1) is 13.9. The fourth-order valence-corrected chi connectivity index (χ4v) is 1.96. The van der Waals surface area contributed by atoms with Crippen LogP contribution in [-0.2, 0) is 19.6 Å². The maximum absolute atomic E-state index is 11.3. The summed E-state index contributed by atoms with van der Waals surface area (Å²) in [5, 5.41) is 7.20. The Morgan fingerprint density at radius 3 is 2.39 bits per heavy atom. The van der Waals surface area contributed by atoms with E-state index in [9.17, 15) is 18.0 Å². The Morgan fingerprint density at radius 2 is 1.89 bits per heavy atom. The van der Waals surface area contributed by atoms with Crippen LogP contribution in [0.1, 0.15) is 6.42 Å². The second kappa shape index (κ2) is 5.02. The first-order valence-electron chi connectivity index (χ1n) is 4.70. The van der Waals surface area contributed by atoms with E-state index in [4.69, 9.17) is 16.6 Å². The number of benzene rings is 1. The van der Waals surface area contributed by atoms with E-state index in [-0.39, 0.29) is 16.3 Å². The molecule has 0 saturated carbocycles. The number of carbonyl (C=O) groups is 2. The van der Waals surface area contributed by atoms with Crippen LogP contribution in [0, 0.1) is 0 Å². The SMILES string of the molecule is NC(=O)CC(=O)Nc1ccc(N)cc1S(N)(=O)=O. The van der Waals surface area contributed by atoms with E-state index in [1.54, 1.807) is 0 Å². The van der Waals surface area contributed by atoms with Gasteiger partial charge >= 0.3 is 0 Å². The largest absolute Gasteiger partial charge is 0.399 e. The molecule has 0 heterocycles. The fraction of sp³-hybridized carbons (Fsp3) is 0.111. The maximum Gasteiger partial charge on any atom is 0.240 e. The number of nitrogens with two attached hydrogens (primary N) is 3. The Balaban J connectivity index is 3.10. The predicted molar refractivity (Wildman–Crippen MR) is 64.7 cm³/mol. The molecule has 0 aliphatic rings. The molecule has 0 radical (unpaired) electrons. The van der Waals surface area contributed by atoms with Crippen molar-refractivity contribution in [3.8, 4) is 0 Å². The van der Waals surface area contributed by atoms with Crippen molar-refractivity contribution in [2.45, 2.75) is 11.3 Å². The summed E-state index contributed by atoms with van der Waals surface area (Å²) in [5.41, 5.74) is 10.4.